The normalized spacial score (nSPS) is 20.6. The Hall–Kier alpha value is -2.51. The van der Waals surface area contributed by atoms with E-state index in [2.05, 4.69) is 20.2 Å². The zero-order valence-electron chi connectivity index (χ0n) is 16.2. The molecule has 2 aliphatic rings. The first-order valence-corrected chi connectivity index (χ1v) is 11.0. The molecule has 2 aromatic heterocycles. The Morgan fingerprint density at radius 1 is 1.28 bits per heavy atom. The van der Waals surface area contributed by atoms with Crippen LogP contribution in [0.1, 0.15) is 43.2 Å². The van der Waals surface area contributed by atoms with Gasteiger partial charge in [0.2, 0.25) is 5.91 Å². The number of hydrogen-bond acceptors (Lipinski definition) is 6. The molecule has 2 N–H and O–H groups in total. The van der Waals surface area contributed by atoms with Gasteiger partial charge in [0.1, 0.15) is 6.04 Å². The number of hydrogen-bond donors (Lipinski definition) is 2. The number of fused-ring (bicyclic) bond motifs is 1. The van der Waals surface area contributed by atoms with Gasteiger partial charge in [-0.1, -0.05) is 41.7 Å². The minimum absolute atomic E-state index is 0.0445. The van der Waals surface area contributed by atoms with Gasteiger partial charge in [0.25, 0.3) is 0 Å². The molecule has 29 heavy (non-hydrogen) atoms. The van der Waals surface area contributed by atoms with Crippen LogP contribution in [0, 0.1) is 0 Å². The second kappa shape index (κ2) is 7.39. The Balaban J connectivity index is 1.33. The van der Waals surface area contributed by atoms with Crippen molar-refractivity contribution in [1.29, 1.82) is 0 Å². The van der Waals surface area contributed by atoms with Crippen LogP contribution in [0.5, 0.6) is 0 Å². The maximum Gasteiger partial charge on any atom is 0.243 e. The fraction of sp³-hybridized carbons (Fsp3) is 0.409. The van der Waals surface area contributed by atoms with Gasteiger partial charge >= 0.3 is 0 Å². The highest BCUT2D eigenvalue weighted by Gasteiger charge is 2.37. The maximum absolute atomic E-state index is 12.8. The van der Waals surface area contributed by atoms with Crippen LogP contribution in [0.4, 0.5) is 5.13 Å². The van der Waals surface area contributed by atoms with Crippen molar-refractivity contribution in [1.82, 2.24) is 15.3 Å². The van der Waals surface area contributed by atoms with Gasteiger partial charge in [0.05, 0.1) is 10.3 Å². The number of nitrogens with one attached hydrogen (secondary N) is 1. The predicted molar refractivity (Wildman–Crippen MR) is 114 cm³/mol. The van der Waals surface area contributed by atoms with Crippen LogP contribution in [-0.4, -0.2) is 33.6 Å². The number of carbonyl (C=O) groups is 1. The minimum atomic E-state index is -0.723. The SMILES string of the molecule is O=C(NCc1ccccc1)[C@H]1CCCN1c1nc2ncc(C3(O)CCC3)cc2s1. The van der Waals surface area contributed by atoms with E-state index in [0.717, 1.165) is 59.6 Å². The van der Waals surface area contributed by atoms with Crippen molar-refractivity contribution in [2.45, 2.75) is 50.3 Å². The van der Waals surface area contributed by atoms with E-state index >= 15 is 0 Å². The molecule has 150 valence electrons. The highest BCUT2D eigenvalue weighted by Crippen LogP contribution is 2.42. The molecule has 0 bridgehead atoms. The van der Waals surface area contributed by atoms with E-state index in [1.807, 2.05) is 36.4 Å². The number of rotatable bonds is 5. The number of nitrogens with zero attached hydrogens (tertiary/aromatic N) is 3. The Morgan fingerprint density at radius 2 is 2.10 bits per heavy atom. The number of thiazole rings is 1. The molecule has 0 radical (unpaired) electrons. The number of benzene rings is 1. The molecular formula is C22H24N4O2S. The van der Waals surface area contributed by atoms with Crippen LogP contribution in [0.3, 0.4) is 0 Å². The van der Waals surface area contributed by atoms with Crippen molar-refractivity contribution >= 4 is 32.7 Å². The smallest absolute Gasteiger partial charge is 0.243 e. The molecule has 2 fully saturated rings. The van der Waals surface area contributed by atoms with Crippen molar-refractivity contribution in [2.75, 3.05) is 11.4 Å². The summed E-state index contributed by atoms with van der Waals surface area (Å²) in [4.78, 5) is 24.1. The molecule has 1 aliphatic heterocycles. The van der Waals surface area contributed by atoms with Crippen LogP contribution < -0.4 is 10.2 Å². The lowest BCUT2D eigenvalue weighted by Crippen LogP contribution is -2.43. The molecule has 1 aromatic carbocycles. The Morgan fingerprint density at radius 3 is 2.86 bits per heavy atom. The van der Waals surface area contributed by atoms with Crippen molar-refractivity contribution in [2.24, 2.45) is 0 Å². The summed E-state index contributed by atoms with van der Waals surface area (Å²) in [6.45, 7) is 1.35. The molecule has 0 spiro atoms. The zero-order chi connectivity index (χ0) is 19.8. The molecule has 1 atom stereocenters. The second-order valence-corrected chi connectivity index (χ2v) is 8.99. The number of aromatic nitrogens is 2. The predicted octanol–water partition coefficient (Wildman–Crippen LogP) is 3.35. The first-order valence-electron chi connectivity index (χ1n) is 10.2. The average Bonchev–Trinajstić information content (AvgIpc) is 3.37. The Labute approximate surface area is 173 Å². The van der Waals surface area contributed by atoms with Crippen molar-refractivity contribution in [3.8, 4) is 0 Å². The van der Waals surface area contributed by atoms with E-state index in [1.54, 1.807) is 17.5 Å². The third-order valence-corrected chi connectivity index (χ3v) is 7.09. The first-order chi connectivity index (χ1) is 14.1. The lowest BCUT2D eigenvalue weighted by Gasteiger charge is -2.36. The summed E-state index contributed by atoms with van der Waals surface area (Å²) in [6, 6.07) is 11.8. The third kappa shape index (κ3) is 3.49. The minimum Gasteiger partial charge on any atom is -0.385 e. The van der Waals surface area contributed by atoms with Gasteiger partial charge in [0, 0.05) is 24.8 Å². The van der Waals surface area contributed by atoms with Crippen LogP contribution >= 0.6 is 11.3 Å². The van der Waals surface area contributed by atoms with E-state index in [4.69, 9.17) is 0 Å². The zero-order valence-corrected chi connectivity index (χ0v) is 17.0. The molecule has 1 amide bonds. The number of anilines is 1. The largest absolute Gasteiger partial charge is 0.385 e. The summed E-state index contributed by atoms with van der Waals surface area (Å²) in [6.07, 6.45) is 6.19. The highest BCUT2D eigenvalue weighted by molar-refractivity contribution is 7.22. The number of carbonyl (C=O) groups excluding carboxylic acids is 1. The van der Waals surface area contributed by atoms with Gasteiger partial charge in [-0.25, -0.2) is 4.98 Å². The molecule has 0 unspecified atom stereocenters. The molecule has 7 heteroatoms. The van der Waals surface area contributed by atoms with Crippen LogP contribution in [0.2, 0.25) is 0 Å². The third-order valence-electron chi connectivity index (χ3n) is 6.06. The topological polar surface area (TPSA) is 78.4 Å². The molecule has 1 saturated carbocycles. The molecule has 5 rings (SSSR count). The van der Waals surface area contributed by atoms with E-state index < -0.39 is 5.60 Å². The van der Waals surface area contributed by atoms with Gasteiger partial charge in [-0.2, -0.15) is 4.98 Å². The molecule has 6 nitrogen and oxygen atoms in total. The van der Waals surface area contributed by atoms with Crippen molar-refractivity contribution in [3.63, 3.8) is 0 Å². The first kappa shape index (κ1) is 18.5. The van der Waals surface area contributed by atoms with Crippen molar-refractivity contribution < 1.29 is 9.90 Å². The monoisotopic (exact) mass is 408 g/mol. The van der Waals surface area contributed by atoms with Crippen LogP contribution in [-0.2, 0) is 16.9 Å². The van der Waals surface area contributed by atoms with E-state index in [9.17, 15) is 9.90 Å². The van der Waals surface area contributed by atoms with E-state index in [1.165, 1.54) is 0 Å². The van der Waals surface area contributed by atoms with Gasteiger partial charge in [-0.15, -0.1) is 0 Å². The summed E-state index contributed by atoms with van der Waals surface area (Å²) in [7, 11) is 0. The summed E-state index contributed by atoms with van der Waals surface area (Å²) >= 11 is 1.56. The lowest BCUT2D eigenvalue weighted by molar-refractivity contribution is -0.122. The Kier molecular flexibility index (Phi) is 4.72. The average molecular weight is 409 g/mol. The summed E-state index contributed by atoms with van der Waals surface area (Å²) in [5.74, 6) is 0.0445. The highest BCUT2D eigenvalue weighted by atomic mass is 32.1. The standard InChI is InChI=1S/C22H24N4O2S/c27-20(24-13-15-6-2-1-3-7-15)17-8-4-11-26(17)21-25-19-18(29-21)12-16(14-23-19)22(28)9-5-10-22/h1-3,6-7,12,14,17,28H,4-5,8-11,13H2,(H,24,27)/t17-/m1/s1. The number of pyridine rings is 1. The quantitative estimate of drug-likeness (QED) is 0.677. The van der Waals surface area contributed by atoms with Crippen LogP contribution in [0.15, 0.2) is 42.6 Å². The maximum atomic E-state index is 12.8. The summed E-state index contributed by atoms with van der Waals surface area (Å²) in [5, 5.41) is 14.5. The molecular weight excluding hydrogens is 384 g/mol. The van der Waals surface area contributed by atoms with E-state index in [-0.39, 0.29) is 11.9 Å². The summed E-state index contributed by atoms with van der Waals surface area (Å²) < 4.78 is 0.966. The molecule has 3 aromatic rings. The lowest BCUT2D eigenvalue weighted by atomic mass is 9.76. The van der Waals surface area contributed by atoms with Gasteiger partial charge in [0.15, 0.2) is 10.8 Å². The van der Waals surface area contributed by atoms with Crippen LogP contribution in [0.25, 0.3) is 10.3 Å². The van der Waals surface area contributed by atoms with Gasteiger partial charge in [-0.05, 0) is 43.7 Å². The Bertz CT molecular complexity index is 1030. The fourth-order valence-electron chi connectivity index (χ4n) is 4.16. The van der Waals surface area contributed by atoms with Gasteiger partial charge in [-0.3, -0.25) is 4.79 Å². The number of amides is 1. The summed E-state index contributed by atoms with van der Waals surface area (Å²) in [5.41, 5.74) is 1.94. The second-order valence-electron chi connectivity index (χ2n) is 7.98. The molecule has 1 aliphatic carbocycles. The van der Waals surface area contributed by atoms with Gasteiger partial charge < -0.3 is 15.3 Å². The fourth-order valence-corrected chi connectivity index (χ4v) is 5.20. The van der Waals surface area contributed by atoms with E-state index in [0.29, 0.717) is 12.2 Å². The number of aliphatic hydroxyl groups is 1. The molecule has 3 heterocycles. The van der Waals surface area contributed by atoms with Crippen molar-refractivity contribution in [3.05, 3.63) is 53.7 Å². The molecule has 1 saturated heterocycles.